The van der Waals surface area contributed by atoms with Crippen molar-refractivity contribution >= 4 is 22.1 Å². The van der Waals surface area contributed by atoms with E-state index in [9.17, 15) is 4.21 Å². The van der Waals surface area contributed by atoms with Gasteiger partial charge in [0.15, 0.2) is 0 Å². The lowest BCUT2D eigenvalue weighted by Crippen LogP contribution is -2.46. The van der Waals surface area contributed by atoms with Crippen LogP contribution in [-0.2, 0) is 10.8 Å². The fourth-order valence-electron chi connectivity index (χ4n) is 2.47. The Morgan fingerprint density at radius 2 is 2.17 bits per heavy atom. The van der Waals surface area contributed by atoms with Gasteiger partial charge < -0.3 is 5.73 Å². The maximum absolute atomic E-state index is 11.5. The number of thiophene rings is 1. The normalized spacial score (nSPS) is 21.9. The van der Waals surface area contributed by atoms with E-state index in [2.05, 4.69) is 30.2 Å². The van der Waals surface area contributed by atoms with Crippen molar-refractivity contribution in [3.8, 4) is 0 Å². The summed E-state index contributed by atoms with van der Waals surface area (Å²) < 4.78 is 11.5. The lowest BCUT2D eigenvalue weighted by atomic mass is 10.0. The van der Waals surface area contributed by atoms with Gasteiger partial charge in [0, 0.05) is 46.3 Å². The van der Waals surface area contributed by atoms with Gasteiger partial charge in [-0.1, -0.05) is 6.92 Å². The topological polar surface area (TPSA) is 46.3 Å². The second-order valence-electron chi connectivity index (χ2n) is 4.87. The largest absolute Gasteiger partial charge is 0.326 e. The summed E-state index contributed by atoms with van der Waals surface area (Å²) in [6, 6.07) is 2.62. The molecule has 0 aliphatic carbocycles. The van der Waals surface area contributed by atoms with Gasteiger partial charge in [0.1, 0.15) is 0 Å². The molecular formula is C13H22N2OS2. The summed E-state index contributed by atoms with van der Waals surface area (Å²) in [7, 11) is -0.624. The number of hydrogen-bond donors (Lipinski definition) is 1. The van der Waals surface area contributed by atoms with E-state index < -0.39 is 10.8 Å². The summed E-state index contributed by atoms with van der Waals surface area (Å²) in [5.41, 5.74) is 7.67. The highest BCUT2D eigenvalue weighted by Crippen LogP contribution is 2.32. The zero-order chi connectivity index (χ0) is 13.1. The minimum Gasteiger partial charge on any atom is -0.326 e. The first-order valence-electron chi connectivity index (χ1n) is 6.52. The van der Waals surface area contributed by atoms with Gasteiger partial charge in [-0.15, -0.1) is 11.3 Å². The van der Waals surface area contributed by atoms with Crippen molar-refractivity contribution in [2.24, 2.45) is 5.73 Å². The molecule has 5 heteroatoms. The molecule has 2 unspecified atom stereocenters. The van der Waals surface area contributed by atoms with Crippen LogP contribution in [0.3, 0.4) is 0 Å². The highest BCUT2D eigenvalue weighted by molar-refractivity contribution is 7.85. The number of nitrogens with zero attached hydrogens (tertiary/aromatic N) is 1. The van der Waals surface area contributed by atoms with E-state index in [-0.39, 0.29) is 6.04 Å². The molecule has 1 aromatic rings. The van der Waals surface area contributed by atoms with Crippen molar-refractivity contribution < 1.29 is 4.21 Å². The minimum atomic E-state index is -0.624. The Bertz CT molecular complexity index is 409. The van der Waals surface area contributed by atoms with E-state index in [0.717, 1.165) is 31.0 Å². The van der Waals surface area contributed by atoms with Crippen molar-refractivity contribution in [2.75, 3.05) is 24.6 Å². The van der Waals surface area contributed by atoms with Gasteiger partial charge in [-0.3, -0.25) is 9.11 Å². The summed E-state index contributed by atoms with van der Waals surface area (Å²) in [6.45, 7) is 6.11. The maximum Gasteiger partial charge on any atom is 0.0596 e. The maximum atomic E-state index is 11.5. The highest BCUT2D eigenvalue weighted by Gasteiger charge is 2.30. The smallest absolute Gasteiger partial charge is 0.0596 e. The minimum absolute atomic E-state index is 0.161. The number of nitrogens with two attached hydrogens (primary N) is 1. The van der Waals surface area contributed by atoms with Gasteiger partial charge in [0.05, 0.1) is 6.04 Å². The molecule has 0 spiro atoms. The third-order valence-corrected chi connectivity index (χ3v) is 6.02. The molecule has 0 saturated carbocycles. The van der Waals surface area contributed by atoms with Crippen LogP contribution in [-0.4, -0.2) is 39.7 Å². The molecule has 1 aromatic heterocycles. The second-order valence-corrected chi connectivity index (χ2v) is 7.51. The Morgan fingerprint density at radius 1 is 1.50 bits per heavy atom. The van der Waals surface area contributed by atoms with Crippen LogP contribution < -0.4 is 5.73 Å². The summed E-state index contributed by atoms with van der Waals surface area (Å²) in [5, 5.41) is 2.14. The van der Waals surface area contributed by atoms with E-state index in [1.54, 1.807) is 11.3 Å². The molecule has 2 rings (SSSR count). The molecular weight excluding hydrogens is 264 g/mol. The van der Waals surface area contributed by atoms with Crippen molar-refractivity contribution in [2.45, 2.75) is 32.4 Å². The van der Waals surface area contributed by atoms with Gasteiger partial charge in [0.25, 0.3) is 0 Å². The average molecular weight is 286 g/mol. The van der Waals surface area contributed by atoms with Crippen LogP contribution in [0.5, 0.6) is 0 Å². The Morgan fingerprint density at radius 3 is 2.67 bits per heavy atom. The first-order chi connectivity index (χ1) is 8.63. The Balaban J connectivity index is 2.20. The number of rotatable bonds is 4. The van der Waals surface area contributed by atoms with E-state index in [1.807, 2.05) is 0 Å². The van der Waals surface area contributed by atoms with Crippen LogP contribution in [0.1, 0.15) is 29.8 Å². The Hall–Kier alpha value is -0.230. The molecule has 1 saturated heterocycles. The van der Waals surface area contributed by atoms with Gasteiger partial charge in [0.2, 0.25) is 0 Å². The van der Waals surface area contributed by atoms with Crippen LogP contribution in [0, 0.1) is 6.92 Å². The molecule has 1 fully saturated rings. The first kappa shape index (κ1) is 14.2. The third kappa shape index (κ3) is 3.02. The molecule has 2 atom stereocenters. The molecule has 2 heterocycles. The van der Waals surface area contributed by atoms with Crippen LogP contribution in [0.2, 0.25) is 0 Å². The number of hydrogen-bond acceptors (Lipinski definition) is 4. The average Bonchev–Trinajstić information content (AvgIpc) is 2.78. The molecule has 0 amide bonds. The lowest BCUT2D eigenvalue weighted by molar-refractivity contribution is 0.187. The van der Waals surface area contributed by atoms with Gasteiger partial charge >= 0.3 is 0 Å². The van der Waals surface area contributed by atoms with Gasteiger partial charge in [-0.2, -0.15) is 0 Å². The first-order valence-corrected chi connectivity index (χ1v) is 8.88. The van der Waals surface area contributed by atoms with E-state index >= 15 is 0 Å². The summed E-state index contributed by atoms with van der Waals surface area (Å²) >= 11 is 1.80. The van der Waals surface area contributed by atoms with Crippen molar-refractivity contribution in [1.29, 1.82) is 0 Å². The van der Waals surface area contributed by atoms with E-state index in [4.69, 9.17) is 5.73 Å². The second kappa shape index (κ2) is 6.28. The fourth-order valence-corrected chi connectivity index (χ4v) is 4.69. The molecule has 18 heavy (non-hydrogen) atoms. The monoisotopic (exact) mass is 286 g/mol. The van der Waals surface area contributed by atoms with Crippen LogP contribution in [0.4, 0.5) is 0 Å². The predicted octanol–water partition coefficient (Wildman–Crippen LogP) is 1.90. The Kier molecular flexibility index (Phi) is 4.95. The van der Waals surface area contributed by atoms with Crippen molar-refractivity contribution in [3.63, 3.8) is 0 Å². The highest BCUT2D eigenvalue weighted by atomic mass is 32.2. The summed E-state index contributed by atoms with van der Waals surface area (Å²) in [4.78, 5) is 3.81. The van der Waals surface area contributed by atoms with Crippen molar-refractivity contribution in [1.82, 2.24) is 4.90 Å². The zero-order valence-electron chi connectivity index (χ0n) is 11.1. The molecule has 0 bridgehead atoms. The molecule has 0 radical (unpaired) electrons. The zero-order valence-corrected chi connectivity index (χ0v) is 12.7. The molecule has 3 nitrogen and oxygen atoms in total. The third-order valence-electron chi connectivity index (χ3n) is 3.65. The van der Waals surface area contributed by atoms with Crippen LogP contribution in [0.25, 0.3) is 0 Å². The SMILES string of the molecule is CCC(N)C(c1sccc1C)N1CCS(=O)CC1. The lowest BCUT2D eigenvalue weighted by Gasteiger charge is -2.37. The predicted molar refractivity (Wildman–Crippen MR) is 79.5 cm³/mol. The van der Waals surface area contributed by atoms with Gasteiger partial charge in [-0.05, 0) is 30.4 Å². The fraction of sp³-hybridized carbons (Fsp3) is 0.692. The van der Waals surface area contributed by atoms with E-state index in [0.29, 0.717) is 6.04 Å². The summed E-state index contributed by atoms with van der Waals surface area (Å²) in [6.07, 6.45) is 0.974. The molecule has 2 N–H and O–H groups in total. The standard InChI is InChI=1S/C13H22N2OS2/c1-3-11(14)12(13-10(2)4-7-17-13)15-5-8-18(16)9-6-15/h4,7,11-12H,3,5-6,8-9,14H2,1-2H3. The molecule has 1 aliphatic heterocycles. The number of aryl methyl sites for hydroxylation is 1. The quantitative estimate of drug-likeness (QED) is 0.919. The van der Waals surface area contributed by atoms with Crippen LogP contribution in [0.15, 0.2) is 11.4 Å². The van der Waals surface area contributed by atoms with Gasteiger partial charge in [-0.25, -0.2) is 0 Å². The Labute approximate surface area is 116 Å². The molecule has 1 aliphatic rings. The van der Waals surface area contributed by atoms with E-state index in [1.165, 1.54) is 10.4 Å². The van der Waals surface area contributed by atoms with Crippen molar-refractivity contribution in [3.05, 3.63) is 21.9 Å². The summed E-state index contributed by atoms with van der Waals surface area (Å²) in [5.74, 6) is 1.58. The molecule has 0 aromatic carbocycles. The van der Waals surface area contributed by atoms with Crippen LogP contribution >= 0.6 is 11.3 Å². The molecule has 102 valence electrons.